The first-order chi connectivity index (χ1) is 8.24. The third-order valence-corrected chi connectivity index (χ3v) is 18.0. The molecule has 0 aliphatic rings. The zero-order chi connectivity index (χ0) is 13.0. The van der Waals surface area contributed by atoms with Gasteiger partial charge in [-0.3, -0.25) is 0 Å². The van der Waals surface area contributed by atoms with Crippen LogP contribution in [0.4, 0.5) is 0 Å². The van der Waals surface area contributed by atoms with Crippen molar-refractivity contribution in [2.75, 3.05) is 0 Å². The van der Waals surface area contributed by atoms with E-state index < -0.39 is 18.4 Å². The molecule has 0 atom stereocenters. The molecule has 0 aliphatic heterocycles. The summed E-state index contributed by atoms with van der Waals surface area (Å²) >= 11 is -1.91. The minimum absolute atomic E-state index is 0.989. The molecular weight excluding hydrogens is 311 g/mol. The summed E-state index contributed by atoms with van der Waals surface area (Å²) < 4.78 is 7.47. The molecule has 1 heteroatoms. The van der Waals surface area contributed by atoms with Gasteiger partial charge in [-0.2, -0.15) is 0 Å². The van der Waals surface area contributed by atoms with Crippen LogP contribution in [0.25, 0.3) is 0 Å². The van der Waals surface area contributed by atoms with E-state index in [4.69, 9.17) is 0 Å². The van der Waals surface area contributed by atoms with E-state index in [1.54, 1.807) is 13.3 Å². The molecular formula is C16H33Sn. The van der Waals surface area contributed by atoms with Crippen LogP contribution in [0, 0.1) is 6.92 Å². The maximum absolute atomic E-state index is 3.98. The second kappa shape index (κ2) is 11.6. The van der Waals surface area contributed by atoms with Crippen LogP contribution in [0.1, 0.15) is 65.7 Å². The molecule has 0 aromatic rings. The minimum atomic E-state index is -1.91. The predicted octanol–water partition coefficient (Wildman–Crippen LogP) is 6.16. The van der Waals surface area contributed by atoms with Crippen LogP contribution < -0.4 is 0 Å². The van der Waals surface area contributed by atoms with Crippen LogP contribution in [-0.2, 0) is 0 Å². The Morgan fingerprint density at radius 2 is 1.24 bits per heavy atom. The third kappa shape index (κ3) is 8.29. The van der Waals surface area contributed by atoms with Crippen LogP contribution in [0.3, 0.4) is 0 Å². The summed E-state index contributed by atoms with van der Waals surface area (Å²) in [6.45, 7) is 11.0. The zero-order valence-electron chi connectivity index (χ0n) is 12.4. The van der Waals surface area contributed by atoms with Gasteiger partial charge in [0, 0.05) is 0 Å². The standard InChI is InChI=1S/3C4H9.C4H6.Sn/c4*1-3-4-2;/h3*1,3-4H2,2H3;1,3H,2,4H2;. The van der Waals surface area contributed by atoms with Crippen molar-refractivity contribution >= 4 is 18.4 Å². The molecule has 0 nitrogen and oxygen atoms in total. The Balaban J connectivity index is 4.57. The van der Waals surface area contributed by atoms with Crippen molar-refractivity contribution < 1.29 is 0 Å². The van der Waals surface area contributed by atoms with Crippen molar-refractivity contribution in [1.29, 1.82) is 0 Å². The first kappa shape index (κ1) is 17.5. The summed E-state index contributed by atoms with van der Waals surface area (Å²) in [6, 6.07) is 0. The average molecular weight is 344 g/mol. The molecule has 0 aliphatic carbocycles. The Morgan fingerprint density at radius 1 is 0.824 bits per heavy atom. The van der Waals surface area contributed by atoms with Crippen LogP contribution in [-0.4, -0.2) is 18.4 Å². The molecule has 0 unspecified atom stereocenters. The molecule has 0 bridgehead atoms. The van der Waals surface area contributed by atoms with E-state index in [9.17, 15) is 0 Å². The molecule has 0 fully saturated rings. The normalized spacial score (nSPS) is 12.5. The second-order valence-electron chi connectivity index (χ2n) is 5.36. The molecule has 17 heavy (non-hydrogen) atoms. The van der Waals surface area contributed by atoms with E-state index in [1.165, 1.54) is 38.5 Å². The van der Waals surface area contributed by atoms with Gasteiger partial charge in [0.1, 0.15) is 0 Å². The number of rotatable bonds is 11. The molecule has 0 aromatic carbocycles. The van der Waals surface area contributed by atoms with E-state index >= 15 is 0 Å². The van der Waals surface area contributed by atoms with Gasteiger partial charge in [0.05, 0.1) is 0 Å². The molecule has 0 aromatic heterocycles. The monoisotopic (exact) mass is 345 g/mol. The van der Waals surface area contributed by atoms with Crippen molar-refractivity contribution in [2.24, 2.45) is 0 Å². The van der Waals surface area contributed by atoms with Gasteiger partial charge in [0.15, 0.2) is 0 Å². The van der Waals surface area contributed by atoms with Gasteiger partial charge >= 0.3 is 114 Å². The van der Waals surface area contributed by atoms with E-state index in [0.717, 1.165) is 6.42 Å². The van der Waals surface area contributed by atoms with E-state index in [2.05, 4.69) is 37.9 Å². The maximum atomic E-state index is 3.98. The Labute approximate surface area is 114 Å². The van der Waals surface area contributed by atoms with Gasteiger partial charge in [-0.15, -0.1) is 0 Å². The molecule has 0 rings (SSSR count). The fourth-order valence-electron chi connectivity index (χ4n) is 2.54. The predicted molar refractivity (Wildman–Crippen MR) is 84.0 cm³/mol. The second-order valence-corrected chi connectivity index (χ2v) is 18.4. The van der Waals surface area contributed by atoms with Gasteiger partial charge in [-0.05, 0) is 0 Å². The van der Waals surface area contributed by atoms with Gasteiger partial charge < -0.3 is 0 Å². The summed E-state index contributed by atoms with van der Waals surface area (Å²) in [5, 5.41) is 0. The van der Waals surface area contributed by atoms with Gasteiger partial charge in [-0.25, -0.2) is 0 Å². The van der Waals surface area contributed by atoms with Crippen LogP contribution in [0.5, 0.6) is 0 Å². The molecule has 0 N–H and O–H groups in total. The topological polar surface area (TPSA) is 0 Å². The van der Waals surface area contributed by atoms with E-state index in [1.807, 2.05) is 0 Å². The fourth-order valence-corrected chi connectivity index (χ4v) is 17.1. The number of unbranched alkanes of at least 4 members (excludes halogenated alkanes) is 3. The van der Waals surface area contributed by atoms with Crippen molar-refractivity contribution in [1.82, 2.24) is 0 Å². The molecule has 0 spiro atoms. The van der Waals surface area contributed by atoms with Crippen LogP contribution >= 0.6 is 0 Å². The first-order valence-electron chi connectivity index (χ1n) is 7.71. The average Bonchev–Trinajstić information content (AvgIpc) is 2.37. The molecule has 0 saturated heterocycles. The van der Waals surface area contributed by atoms with Gasteiger partial charge in [-0.1, -0.05) is 0 Å². The van der Waals surface area contributed by atoms with Crippen LogP contribution in [0.2, 0.25) is 13.3 Å². The summed E-state index contributed by atoms with van der Waals surface area (Å²) in [4.78, 5) is 0. The Bertz CT molecular complexity index is 162. The van der Waals surface area contributed by atoms with Gasteiger partial charge in [0.25, 0.3) is 0 Å². The Kier molecular flexibility index (Phi) is 12.0. The summed E-state index contributed by atoms with van der Waals surface area (Å²) in [6.07, 6.45) is 11.9. The Hall–Kier alpha value is 0.539. The van der Waals surface area contributed by atoms with Gasteiger partial charge in [0.2, 0.25) is 0 Å². The first-order valence-corrected chi connectivity index (χ1v) is 15.4. The Morgan fingerprint density at radius 3 is 1.53 bits per heavy atom. The SMILES string of the molecule is [CH2]CC=[CH][Sn]([CH2]CCC)([CH2]CCC)[CH2]CCC. The van der Waals surface area contributed by atoms with E-state index in [-0.39, 0.29) is 0 Å². The number of hydrogen-bond donors (Lipinski definition) is 0. The third-order valence-electron chi connectivity index (χ3n) is 3.72. The number of hydrogen-bond acceptors (Lipinski definition) is 0. The quantitative estimate of drug-likeness (QED) is 0.394. The molecule has 1 radical (unpaired) electrons. The summed E-state index contributed by atoms with van der Waals surface area (Å²) in [5.74, 6) is 0. The van der Waals surface area contributed by atoms with Crippen molar-refractivity contribution in [2.45, 2.75) is 79.0 Å². The van der Waals surface area contributed by atoms with Crippen LogP contribution in [0.15, 0.2) is 10.2 Å². The van der Waals surface area contributed by atoms with E-state index in [0.29, 0.717) is 0 Å². The van der Waals surface area contributed by atoms with Crippen molar-refractivity contribution in [3.05, 3.63) is 17.1 Å². The zero-order valence-corrected chi connectivity index (χ0v) is 15.3. The summed E-state index contributed by atoms with van der Waals surface area (Å²) in [7, 11) is 0. The molecule has 0 amide bonds. The molecule has 101 valence electrons. The number of allylic oxidation sites excluding steroid dienone is 1. The molecule has 0 saturated carbocycles. The fraction of sp³-hybridized carbons (Fsp3) is 0.812. The van der Waals surface area contributed by atoms with Crippen molar-refractivity contribution in [3.63, 3.8) is 0 Å². The summed E-state index contributed by atoms with van der Waals surface area (Å²) in [5.41, 5.74) is 0. The van der Waals surface area contributed by atoms with Crippen molar-refractivity contribution in [3.8, 4) is 0 Å². The molecule has 0 heterocycles.